The second kappa shape index (κ2) is 3.95. The van der Waals surface area contributed by atoms with Crippen LogP contribution in [0.5, 0.6) is 0 Å². The van der Waals surface area contributed by atoms with Crippen LogP contribution in [-0.4, -0.2) is 28.2 Å². The van der Waals surface area contributed by atoms with Gasteiger partial charge < -0.3 is 15.9 Å². The molecule has 0 aromatic heterocycles. The van der Waals surface area contributed by atoms with Crippen LogP contribution in [-0.2, 0) is 9.59 Å². The minimum atomic E-state index is -1.47. The van der Waals surface area contributed by atoms with Crippen molar-refractivity contribution in [2.24, 2.45) is 5.73 Å². The van der Waals surface area contributed by atoms with E-state index in [0.29, 0.717) is 6.08 Å². The first-order valence-electron chi connectivity index (χ1n) is 2.53. The first-order chi connectivity index (χ1) is 4.95. The average Bonchev–Trinajstić information content (AvgIpc) is 1.84. The van der Waals surface area contributed by atoms with Crippen LogP contribution >= 0.6 is 11.6 Å². The van der Waals surface area contributed by atoms with Gasteiger partial charge in [0, 0.05) is 6.08 Å². The van der Waals surface area contributed by atoms with Crippen LogP contribution in [0.25, 0.3) is 0 Å². The number of hydrogen-bond acceptors (Lipinski definition) is 3. The Balaban J connectivity index is 4.35. The second-order valence-electron chi connectivity index (χ2n) is 1.68. The number of hydrogen-bond donors (Lipinski definition) is 3. The fraction of sp³-hybridized carbons (Fsp3) is 0.200. The van der Waals surface area contributed by atoms with E-state index < -0.39 is 23.0 Å². The zero-order valence-corrected chi connectivity index (χ0v) is 6.08. The Morgan fingerprint density at radius 3 is 2.18 bits per heavy atom. The number of carbonyl (C=O) groups is 2. The summed E-state index contributed by atoms with van der Waals surface area (Å²) in [6, 6.07) is -1.47. The number of rotatable bonds is 3. The van der Waals surface area contributed by atoms with Crippen molar-refractivity contribution in [1.29, 1.82) is 0 Å². The van der Waals surface area contributed by atoms with E-state index in [1.54, 1.807) is 0 Å². The molecule has 0 saturated heterocycles. The maximum Gasteiger partial charge on any atom is 0.329 e. The van der Waals surface area contributed by atoms with E-state index in [1.165, 1.54) is 0 Å². The molecule has 11 heavy (non-hydrogen) atoms. The summed E-state index contributed by atoms with van der Waals surface area (Å²) >= 11 is 5.20. The number of aliphatic carboxylic acids is 2. The lowest BCUT2D eigenvalue weighted by Crippen LogP contribution is -2.30. The summed E-state index contributed by atoms with van der Waals surface area (Å²) in [5.74, 6) is -2.70. The molecule has 0 aliphatic heterocycles. The Bertz CT molecular complexity index is 213. The molecule has 6 heteroatoms. The number of carboxylic acids is 2. The molecule has 0 heterocycles. The lowest BCUT2D eigenvalue weighted by Gasteiger charge is -2.01. The van der Waals surface area contributed by atoms with E-state index in [0.717, 1.165) is 0 Å². The van der Waals surface area contributed by atoms with Crippen molar-refractivity contribution in [2.45, 2.75) is 6.04 Å². The Hall–Kier alpha value is -1.07. The molecule has 0 spiro atoms. The van der Waals surface area contributed by atoms with Crippen molar-refractivity contribution in [1.82, 2.24) is 0 Å². The SMILES string of the molecule is NC(C(=O)O)/C(Cl)=C/C(=O)O. The van der Waals surface area contributed by atoms with Crippen LogP contribution in [0.3, 0.4) is 0 Å². The first kappa shape index (κ1) is 9.93. The molecule has 0 saturated carbocycles. The smallest absolute Gasteiger partial charge is 0.329 e. The molecule has 0 aromatic carbocycles. The van der Waals surface area contributed by atoms with E-state index in [1.807, 2.05) is 0 Å². The number of carboxylic acid groups (broad SMARTS) is 2. The fourth-order valence-corrected chi connectivity index (χ4v) is 0.512. The third-order valence-electron chi connectivity index (χ3n) is 0.825. The number of halogens is 1. The van der Waals surface area contributed by atoms with E-state index in [4.69, 9.17) is 27.5 Å². The van der Waals surface area contributed by atoms with E-state index in [-0.39, 0.29) is 0 Å². The van der Waals surface area contributed by atoms with Crippen LogP contribution in [0.15, 0.2) is 11.1 Å². The summed E-state index contributed by atoms with van der Waals surface area (Å²) in [7, 11) is 0. The highest BCUT2D eigenvalue weighted by molar-refractivity contribution is 6.33. The summed E-state index contributed by atoms with van der Waals surface area (Å²) in [5, 5.41) is 15.9. The zero-order valence-electron chi connectivity index (χ0n) is 5.32. The van der Waals surface area contributed by atoms with Gasteiger partial charge in [0.2, 0.25) is 0 Å². The van der Waals surface area contributed by atoms with Crippen LogP contribution < -0.4 is 5.73 Å². The zero-order chi connectivity index (χ0) is 9.02. The lowest BCUT2D eigenvalue weighted by molar-refractivity contribution is -0.137. The Labute approximate surface area is 67.1 Å². The van der Waals surface area contributed by atoms with E-state index in [2.05, 4.69) is 0 Å². The fourth-order valence-electron chi connectivity index (χ4n) is 0.326. The lowest BCUT2D eigenvalue weighted by atomic mass is 10.3. The average molecular weight is 180 g/mol. The molecule has 0 aliphatic rings. The van der Waals surface area contributed by atoms with Gasteiger partial charge in [-0.05, 0) is 0 Å². The standard InChI is InChI=1S/C5H6ClNO4/c6-2(1-3(8)9)4(7)5(10)11/h1,4H,7H2,(H,8,9)(H,10,11)/b2-1-. The van der Waals surface area contributed by atoms with Crippen LogP contribution in [0.2, 0.25) is 0 Å². The van der Waals surface area contributed by atoms with Crippen molar-refractivity contribution in [3.05, 3.63) is 11.1 Å². The van der Waals surface area contributed by atoms with E-state index >= 15 is 0 Å². The second-order valence-corrected chi connectivity index (χ2v) is 2.12. The predicted octanol–water partition coefficient (Wildman–Crippen LogP) is -0.394. The molecule has 0 rings (SSSR count). The highest BCUT2D eigenvalue weighted by Crippen LogP contribution is 2.05. The largest absolute Gasteiger partial charge is 0.480 e. The molecule has 4 N–H and O–H groups in total. The summed E-state index contributed by atoms with van der Waals surface area (Å²) in [5.41, 5.74) is 4.95. The molecule has 0 aromatic rings. The molecule has 0 aliphatic carbocycles. The van der Waals surface area contributed by atoms with Gasteiger partial charge in [0.05, 0.1) is 5.03 Å². The third-order valence-corrected chi connectivity index (χ3v) is 1.17. The van der Waals surface area contributed by atoms with Crippen molar-refractivity contribution < 1.29 is 19.8 Å². The molecular weight excluding hydrogens is 174 g/mol. The third kappa shape index (κ3) is 3.59. The molecule has 0 fully saturated rings. The minimum absolute atomic E-state index is 0.412. The normalized spacial score (nSPS) is 14.2. The quantitative estimate of drug-likeness (QED) is 0.512. The summed E-state index contributed by atoms with van der Waals surface area (Å²) in [6.07, 6.45) is 0.542. The number of nitrogens with two attached hydrogens (primary N) is 1. The van der Waals surface area contributed by atoms with Gasteiger partial charge in [0.15, 0.2) is 0 Å². The topological polar surface area (TPSA) is 101 Å². The van der Waals surface area contributed by atoms with Gasteiger partial charge in [-0.3, -0.25) is 4.79 Å². The highest BCUT2D eigenvalue weighted by atomic mass is 35.5. The van der Waals surface area contributed by atoms with Crippen molar-refractivity contribution in [3.8, 4) is 0 Å². The van der Waals surface area contributed by atoms with Crippen molar-refractivity contribution in [3.63, 3.8) is 0 Å². The summed E-state index contributed by atoms with van der Waals surface area (Å²) < 4.78 is 0. The monoisotopic (exact) mass is 179 g/mol. The van der Waals surface area contributed by atoms with Gasteiger partial charge in [-0.2, -0.15) is 0 Å². The molecule has 5 nitrogen and oxygen atoms in total. The Kier molecular flexibility index (Phi) is 3.56. The molecule has 1 unspecified atom stereocenters. The Morgan fingerprint density at radius 2 is 1.91 bits per heavy atom. The van der Waals surface area contributed by atoms with Gasteiger partial charge in [-0.25, -0.2) is 4.79 Å². The van der Waals surface area contributed by atoms with Crippen LogP contribution in [0, 0.1) is 0 Å². The van der Waals surface area contributed by atoms with Gasteiger partial charge in [0.1, 0.15) is 6.04 Å². The van der Waals surface area contributed by atoms with Gasteiger partial charge in [-0.15, -0.1) is 0 Å². The summed E-state index contributed by atoms with van der Waals surface area (Å²) in [6.45, 7) is 0. The molecule has 0 radical (unpaired) electrons. The van der Waals surface area contributed by atoms with Gasteiger partial charge in [0.25, 0.3) is 0 Å². The highest BCUT2D eigenvalue weighted by Gasteiger charge is 2.15. The minimum Gasteiger partial charge on any atom is -0.480 e. The van der Waals surface area contributed by atoms with Gasteiger partial charge >= 0.3 is 11.9 Å². The maximum absolute atomic E-state index is 10.1. The maximum atomic E-state index is 10.1. The van der Waals surface area contributed by atoms with Crippen molar-refractivity contribution in [2.75, 3.05) is 0 Å². The van der Waals surface area contributed by atoms with E-state index in [9.17, 15) is 9.59 Å². The molecule has 0 amide bonds. The van der Waals surface area contributed by atoms with Crippen LogP contribution in [0.4, 0.5) is 0 Å². The summed E-state index contributed by atoms with van der Waals surface area (Å²) in [4.78, 5) is 20.0. The molecule has 1 atom stereocenters. The predicted molar refractivity (Wildman–Crippen MR) is 37.2 cm³/mol. The first-order valence-corrected chi connectivity index (χ1v) is 2.91. The van der Waals surface area contributed by atoms with Crippen molar-refractivity contribution >= 4 is 23.5 Å². The molecule has 62 valence electrons. The molecule has 0 bridgehead atoms. The Morgan fingerprint density at radius 1 is 1.45 bits per heavy atom. The van der Waals surface area contributed by atoms with Gasteiger partial charge in [-0.1, -0.05) is 11.6 Å². The van der Waals surface area contributed by atoms with Crippen LogP contribution in [0.1, 0.15) is 0 Å². The molecular formula is C5H6ClNO4.